The molecule has 1 aromatic carbocycles. The van der Waals surface area contributed by atoms with Crippen LogP contribution in [0, 0.1) is 6.92 Å². The number of ether oxygens (including phenoxy) is 2. The number of pyridine rings is 1. The highest BCUT2D eigenvalue weighted by molar-refractivity contribution is 6.04. The first-order valence-corrected chi connectivity index (χ1v) is 7.52. The second-order valence-corrected chi connectivity index (χ2v) is 5.12. The predicted molar refractivity (Wildman–Crippen MR) is 91.4 cm³/mol. The van der Waals surface area contributed by atoms with Gasteiger partial charge in [0.1, 0.15) is 5.69 Å². The van der Waals surface area contributed by atoms with Crippen LogP contribution in [0.4, 0.5) is 5.69 Å². The molecule has 8 nitrogen and oxygen atoms in total. The van der Waals surface area contributed by atoms with E-state index >= 15 is 0 Å². The van der Waals surface area contributed by atoms with E-state index in [0.717, 1.165) is 5.69 Å². The van der Waals surface area contributed by atoms with Gasteiger partial charge in [0.25, 0.3) is 5.91 Å². The highest BCUT2D eigenvalue weighted by Gasteiger charge is 2.18. The number of para-hydroxylation sites is 1. The fourth-order valence-electron chi connectivity index (χ4n) is 2.23. The lowest BCUT2D eigenvalue weighted by Crippen LogP contribution is -2.15. The van der Waals surface area contributed by atoms with Gasteiger partial charge >= 0.3 is 0 Å². The van der Waals surface area contributed by atoms with E-state index < -0.39 is 5.91 Å². The third-order valence-electron chi connectivity index (χ3n) is 3.47. The van der Waals surface area contributed by atoms with Crippen molar-refractivity contribution >= 4 is 11.6 Å². The van der Waals surface area contributed by atoms with Crippen LogP contribution in [0.15, 0.2) is 42.5 Å². The van der Waals surface area contributed by atoms with Crippen molar-refractivity contribution in [3.63, 3.8) is 0 Å². The van der Waals surface area contributed by atoms with Crippen molar-refractivity contribution in [3.8, 4) is 17.4 Å². The second kappa shape index (κ2) is 7.00. The Morgan fingerprint density at radius 1 is 1.04 bits per heavy atom. The van der Waals surface area contributed by atoms with Gasteiger partial charge in [-0.1, -0.05) is 18.2 Å². The van der Waals surface area contributed by atoms with E-state index in [0.29, 0.717) is 17.3 Å². The number of carbonyl (C=O) groups excluding carboxylic acids is 1. The maximum absolute atomic E-state index is 12.6. The second-order valence-electron chi connectivity index (χ2n) is 5.12. The maximum Gasteiger partial charge on any atom is 0.278 e. The molecule has 0 saturated carbocycles. The fourth-order valence-corrected chi connectivity index (χ4v) is 2.23. The number of anilines is 1. The number of nitrogens with one attached hydrogen (secondary N) is 1. The Bertz CT molecular complexity index is 893. The number of benzene rings is 1. The summed E-state index contributed by atoms with van der Waals surface area (Å²) in [5.41, 5.74) is 1.93. The van der Waals surface area contributed by atoms with Gasteiger partial charge in [-0.15, -0.1) is 5.10 Å². The van der Waals surface area contributed by atoms with Gasteiger partial charge in [-0.05, 0) is 25.1 Å². The molecule has 128 valence electrons. The van der Waals surface area contributed by atoms with Crippen molar-refractivity contribution in [3.05, 3.63) is 53.9 Å². The smallest absolute Gasteiger partial charge is 0.278 e. The Hall–Kier alpha value is -3.42. The number of methoxy groups -OCH3 is 2. The van der Waals surface area contributed by atoms with E-state index in [1.807, 2.05) is 30.3 Å². The van der Waals surface area contributed by atoms with Crippen molar-refractivity contribution in [1.82, 2.24) is 20.0 Å². The van der Waals surface area contributed by atoms with Crippen LogP contribution in [0.5, 0.6) is 11.8 Å². The van der Waals surface area contributed by atoms with Crippen LogP contribution in [0.1, 0.15) is 16.2 Å². The molecule has 1 N–H and O–H groups in total. The number of hydrogen-bond donors (Lipinski definition) is 1. The number of amides is 1. The van der Waals surface area contributed by atoms with Crippen molar-refractivity contribution in [1.29, 1.82) is 0 Å². The summed E-state index contributed by atoms with van der Waals surface area (Å²) in [4.78, 5) is 18.1. The van der Waals surface area contributed by atoms with Gasteiger partial charge in [-0.25, -0.2) is 0 Å². The van der Waals surface area contributed by atoms with E-state index in [1.54, 1.807) is 19.1 Å². The number of hydrogen-bond acceptors (Lipinski definition) is 6. The van der Waals surface area contributed by atoms with E-state index in [4.69, 9.17) is 9.47 Å². The van der Waals surface area contributed by atoms with Gasteiger partial charge in [-0.3, -0.25) is 4.79 Å². The first-order valence-electron chi connectivity index (χ1n) is 7.52. The normalized spacial score (nSPS) is 10.4. The van der Waals surface area contributed by atoms with E-state index in [1.165, 1.54) is 19.0 Å². The molecule has 0 unspecified atom stereocenters. The highest BCUT2D eigenvalue weighted by atomic mass is 16.5. The molecule has 0 bridgehead atoms. The maximum atomic E-state index is 12.6. The predicted octanol–water partition coefficient (Wildman–Crippen LogP) is 2.24. The molecule has 2 heterocycles. The number of rotatable bonds is 5. The third-order valence-corrected chi connectivity index (χ3v) is 3.47. The van der Waals surface area contributed by atoms with Crippen LogP contribution in [0.25, 0.3) is 5.69 Å². The van der Waals surface area contributed by atoms with Gasteiger partial charge in [0, 0.05) is 6.07 Å². The summed E-state index contributed by atoms with van der Waals surface area (Å²) in [7, 11) is 2.97. The summed E-state index contributed by atoms with van der Waals surface area (Å²) in [6.07, 6.45) is 0. The lowest BCUT2D eigenvalue weighted by atomic mass is 10.3. The average molecular weight is 339 g/mol. The van der Waals surface area contributed by atoms with Gasteiger partial charge in [-0.2, -0.15) is 14.9 Å². The van der Waals surface area contributed by atoms with Crippen LogP contribution < -0.4 is 14.8 Å². The number of aryl methyl sites for hydroxylation is 1. The lowest BCUT2D eigenvalue weighted by molar-refractivity contribution is 0.102. The molecular formula is C17H17N5O3. The Labute approximate surface area is 144 Å². The minimum absolute atomic E-state index is 0.224. The largest absolute Gasteiger partial charge is 0.481 e. The molecule has 2 aromatic heterocycles. The zero-order valence-corrected chi connectivity index (χ0v) is 14.1. The quantitative estimate of drug-likeness (QED) is 0.766. The third kappa shape index (κ3) is 3.42. The van der Waals surface area contributed by atoms with Crippen LogP contribution >= 0.6 is 0 Å². The first-order chi connectivity index (χ1) is 12.1. The molecule has 0 fully saturated rings. The van der Waals surface area contributed by atoms with Crippen LogP contribution in [0.3, 0.4) is 0 Å². The molecule has 3 aromatic rings. The standard InChI is InChI=1S/C17H17N5O3/c1-11-15(21-22(20-11)12-7-5-4-6-8-12)16(23)18-13-9-10-14(24-2)19-17(13)25-3/h4-10H,1-3H3,(H,18,23). The molecule has 0 aliphatic heterocycles. The average Bonchev–Trinajstić information content (AvgIpc) is 3.04. The van der Waals surface area contributed by atoms with Gasteiger partial charge < -0.3 is 14.8 Å². The zero-order chi connectivity index (χ0) is 17.8. The highest BCUT2D eigenvalue weighted by Crippen LogP contribution is 2.25. The molecule has 0 aliphatic rings. The SMILES string of the molecule is COc1ccc(NC(=O)c2nn(-c3ccccc3)nc2C)c(OC)n1. The van der Waals surface area contributed by atoms with E-state index in [9.17, 15) is 4.79 Å². The van der Waals surface area contributed by atoms with E-state index in [2.05, 4.69) is 20.5 Å². The molecule has 0 radical (unpaired) electrons. The van der Waals surface area contributed by atoms with Crippen molar-refractivity contribution in [2.75, 3.05) is 19.5 Å². The Kier molecular flexibility index (Phi) is 4.60. The Morgan fingerprint density at radius 2 is 1.80 bits per heavy atom. The molecule has 0 aliphatic carbocycles. The summed E-state index contributed by atoms with van der Waals surface area (Å²) in [6, 6.07) is 12.7. The van der Waals surface area contributed by atoms with Crippen LogP contribution in [0.2, 0.25) is 0 Å². The van der Waals surface area contributed by atoms with Gasteiger partial charge in [0.2, 0.25) is 11.8 Å². The summed E-state index contributed by atoms with van der Waals surface area (Å²) >= 11 is 0. The minimum atomic E-state index is -0.398. The van der Waals surface area contributed by atoms with Gasteiger partial charge in [0.15, 0.2) is 5.69 Å². The van der Waals surface area contributed by atoms with Crippen LogP contribution in [-0.4, -0.2) is 40.1 Å². The molecule has 0 atom stereocenters. The Morgan fingerprint density at radius 3 is 2.48 bits per heavy atom. The molecule has 0 saturated heterocycles. The molecule has 25 heavy (non-hydrogen) atoms. The first kappa shape index (κ1) is 16.4. The summed E-state index contributed by atoms with van der Waals surface area (Å²) in [6.45, 7) is 1.73. The number of nitrogens with zero attached hydrogens (tertiary/aromatic N) is 4. The fraction of sp³-hybridized carbons (Fsp3) is 0.176. The topological polar surface area (TPSA) is 91.2 Å². The summed E-state index contributed by atoms with van der Waals surface area (Å²) in [5, 5.41) is 11.3. The van der Waals surface area contributed by atoms with Crippen LogP contribution in [-0.2, 0) is 0 Å². The van der Waals surface area contributed by atoms with E-state index in [-0.39, 0.29) is 11.6 Å². The molecule has 0 spiro atoms. The van der Waals surface area contributed by atoms with Crippen molar-refractivity contribution < 1.29 is 14.3 Å². The summed E-state index contributed by atoms with van der Waals surface area (Å²) < 4.78 is 10.2. The number of aromatic nitrogens is 4. The molecular weight excluding hydrogens is 322 g/mol. The van der Waals surface area contributed by atoms with Crippen molar-refractivity contribution in [2.45, 2.75) is 6.92 Å². The molecule has 8 heteroatoms. The molecule has 3 rings (SSSR count). The monoisotopic (exact) mass is 339 g/mol. The summed E-state index contributed by atoms with van der Waals surface area (Å²) in [5.74, 6) is 0.242. The minimum Gasteiger partial charge on any atom is -0.481 e. The lowest BCUT2D eigenvalue weighted by Gasteiger charge is -2.09. The zero-order valence-electron chi connectivity index (χ0n) is 14.1. The number of carbonyl (C=O) groups is 1. The van der Waals surface area contributed by atoms with Gasteiger partial charge in [0.05, 0.1) is 25.6 Å². The molecule has 1 amide bonds. The van der Waals surface area contributed by atoms with Crippen molar-refractivity contribution in [2.24, 2.45) is 0 Å². The Balaban J connectivity index is 1.86.